The Morgan fingerprint density at radius 1 is 1.15 bits per heavy atom. The van der Waals surface area contributed by atoms with Crippen LogP contribution in [0, 0.1) is 6.92 Å². The largest absolute Gasteiger partial charge is 0.480 e. The first kappa shape index (κ1) is 31.6. The Bertz CT molecular complexity index is 1360. The minimum atomic E-state index is -3.94. The molecule has 1 unspecified atom stereocenters. The summed E-state index contributed by atoms with van der Waals surface area (Å²) in [6.07, 6.45) is -0.173. The first-order chi connectivity index (χ1) is 18.2. The summed E-state index contributed by atoms with van der Waals surface area (Å²) in [5, 5.41) is 19.7. The van der Waals surface area contributed by atoms with Crippen molar-refractivity contribution in [3.63, 3.8) is 0 Å². The van der Waals surface area contributed by atoms with Gasteiger partial charge in [-0.05, 0) is 42.8 Å². The fourth-order valence-corrected chi connectivity index (χ4v) is 6.27. The fourth-order valence-electron chi connectivity index (χ4n) is 3.16. The van der Waals surface area contributed by atoms with Crippen LogP contribution in [-0.2, 0) is 36.1 Å². The number of rotatable bonds is 15. The van der Waals surface area contributed by atoms with Crippen molar-refractivity contribution >= 4 is 45.2 Å². The highest BCUT2D eigenvalue weighted by atomic mass is 32.2. The Kier molecular flexibility index (Phi) is 11.4. The van der Waals surface area contributed by atoms with Gasteiger partial charge in [0.05, 0.1) is 16.7 Å². The minimum Gasteiger partial charge on any atom is -0.480 e. The molecule has 2 aromatic rings. The summed E-state index contributed by atoms with van der Waals surface area (Å²) in [6, 6.07) is 3.93. The second kappa shape index (κ2) is 14.0. The molecule has 0 radical (unpaired) electrons. The number of nitrogens with one attached hydrogen (secondary N) is 2. The molecule has 15 nitrogen and oxygen atoms in total. The molecule has 39 heavy (non-hydrogen) atoms. The van der Waals surface area contributed by atoms with Crippen LogP contribution in [0.1, 0.15) is 30.7 Å². The number of carbonyl (C=O) groups excluding carboxylic acids is 3. The molecule has 1 heterocycles. The lowest BCUT2D eigenvalue weighted by molar-refractivity contribution is -0.138. The highest BCUT2D eigenvalue weighted by Gasteiger charge is 2.29. The number of aryl methyl sites for hydroxylation is 2. The molecule has 1 aromatic heterocycles. The first-order valence-electron chi connectivity index (χ1n) is 11.7. The van der Waals surface area contributed by atoms with E-state index in [1.165, 1.54) is 26.1 Å². The lowest BCUT2D eigenvalue weighted by atomic mass is 10.1. The van der Waals surface area contributed by atoms with Gasteiger partial charge >= 0.3 is 11.7 Å². The van der Waals surface area contributed by atoms with Crippen LogP contribution in [0.3, 0.4) is 0 Å². The average molecular weight is 586 g/mol. The summed E-state index contributed by atoms with van der Waals surface area (Å²) < 4.78 is 28.1. The molecule has 0 saturated carbocycles. The molecular weight excluding hydrogens is 554 g/mol. The number of carbonyl (C=O) groups is 4. The van der Waals surface area contributed by atoms with E-state index in [2.05, 4.69) is 21.1 Å². The summed E-state index contributed by atoms with van der Waals surface area (Å²) in [4.78, 5) is 60.0. The van der Waals surface area contributed by atoms with E-state index >= 15 is 0 Å². The Morgan fingerprint density at radius 2 is 1.79 bits per heavy atom. The van der Waals surface area contributed by atoms with Gasteiger partial charge in [-0.1, -0.05) is 17.7 Å². The monoisotopic (exact) mass is 585 g/mol. The van der Waals surface area contributed by atoms with Crippen molar-refractivity contribution in [1.29, 1.82) is 0 Å². The summed E-state index contributed by atoms with van der Waals surface area (Å²) in [7, 11) is -2.61. The number of carboxylic acids is 1. The molecule has 0 fully saturated rings. The number of benzene rings is 1. The minimum absolute atomic E-state index is 0.0153. The fraction of sp³-hybridized carbons (Fsp3) is 0.500. The number of tetrazole rings is 1. The van der Waals surface area contributed by atoms with E-state index in [1.54, 1.807) is 19.1 Å². The smallest absolute Gasteiger partial charge is 0.364 e. The number of nitrogens with zero attached hydrogens (tertiary/aromatic N) is 4. The van der Waals surface area contributed by atoms with Gasteiger partial charge in [-0.2, -0.15) is 9.36 Å². The highest BCUT2D eigenvalue weighted by molar-refractivity contribution is 8.00. The summed E-state index contributed by atoms with van der Waals surface area (Å²) in [6.45, 7) is 2.35. The molecule has 1 aromatic carbocycles. The van der Waals surface area contributed by atoms with Gasteiger partial charge in [0.15, 0.2) is 9.84 Å². The quantitative estimate of drug-likeness (QED) is 0.185. The molecule has 0 aliphatic carbocycles. The molecule has 0 saturated heterocycles. The van der Waals surface area contributed by atoms with Gasteiger partial charge in [-0.3, -0.25) is 19.2 Å². The third-order valence-corrected chi connectivity index (χ3v) is 8.72. The third kappa shape index (κ3) is 9.60. The lowest BCUT2D eigenvalue weighted by Crippen LogP contribution is -2.49. The second-order valence-electron chi connectivity index (χ2n) is 8.70. The number of sulfone groups is 1. The van der Waals surface area contributed by atoms with E-state index in [9.17, 15) is 32.4 Å². The molecule has 0 bridgehead atoms. The summed E-state index contributed by atoms with van der Waals surface area (Å²) >= 11 is 0.835. The van der Waals surface area contributed by atoms with Crippen LogP contribution in [0.15, 0.2) is 34.0 Å². The Balaban J connectivity index is 2.28. The van der Waals surface area contributed by atoms with Crippen molar-refractivity contribution in [2.45, 2.75) is 49.0 Å². The topological polar surface area (TPSA) is 225 Å². The van der Waals surface area contributed by atoms with Gasteiger partial charge < -0.3 is 21.5 Å². The van der Waals surface area contributed by atoms with Gasteiger partial charge in [0.25, 0.3) is 0 Å². The number of hydrogen-bond acceptors (Lipinski definition) is 11. The lowest BCUT2D eigenvalue weighted by Gasteiger charge is -2.21. The molecule has 17 heteroatoms. The highest BCUT2D eigenvalue weighted by Crippen LogP contribution is 2.26. The number of nitrogens with two attached hydrogens (primary N) is 1. The van der Waals surface area contributed by atoms with Crippen LogP contribution in [0.2, 0.25) is 0 Å². The van der Waals surface area contributed by atoms with Crippen LogP contribution in [0.25, 0.3) is 0 Å². The number of carboxylic acid groups (broad SMARTS) is 1. The van der Waals surface area contributed by atoms with E-state index in [4.69, 9.17) is 10.8 Å². The maximum atomic E-state index is 13.1. The van der Waals surface area contributed by atoms with E-state index < -0.39 is 63.1 Å². The number of Topliss-reactive ketones (excluding diaryl/α,β-unsaturated/α-hetero) is 1. The van der Waals surface area contributed by atoms with Crippen molar-refractivity contribution < 1.29 is 32.7 Å². The van der Waals surface area contributed by atoms with E-state index in [0.29, 0.717) is 0 Å². The Morgan fingerprint density at radius 3 is 2.33 bits per heavy atom. The van der Waals surface area contributed by atoms with Crippen LogP contribution in [0.4, 0.5) is 0 Å². The van der Waals surface area contributed by atoms with Crippen molar-refractivity contribution in [1.82, 2.24) is 30.4 Å². The number of amides is 2. The number of ketones is 1. The number of aromatic nitrogens is 4. The molecule has 0 aliphatic rings. The molecule has 214 valence electrons. The number of aliphatic carboxylic acids is 1. The Labute approximate surface area is 228 Å². The van der Waals surface area contributed by atoms with E-state index in [0.717, 1.165) is 26.7 Å². The SMILES string of the molecule is CC(=O)[C@@H](N)CCC(=O)N[C@@H](CSC(CS(=O)(=O)c1ccc(C)cc1)n1nnn(C)c1=O)C(=O)NCC(=O)O. The molecular formula is C22H31N7O8S2. The molecule has 3 atom stereocenters. The number of hydrogen-bond donors (Lipinski definition) is 4. The zero-order chi connectivity index (χ0) is 29.3. The standard InChI is InChI=1S/C22H31N7O8S2/c1-13-4-6-15(7-5-13)39(36,37)12-19(29-22(35)28(3)26-27-29)38-11-17(21(34)24-10-20(32)33)25-18(31)9-8-16(23)14(2)30/h4-7,16-17,19H,8-12,23H2,1-3H3,(H,24,34)(H,25,31)(H,32,33)/t16-,17-,19?/m0/s1. The van der Waals surface area contributed by atoms with Gasteiger partial charge in [0, 0.05) is 19.2 Å². The van der Waals surface area contributed by atoms with Crippen LogP contribution < -0.4 is 22.1 Å². The van der Waals surface area contributed by atoms with Gasteiger partial charge in [-0.15, -0.1) is 11.8 Å². The average Bonchev–Trinajstić information content (AvgIpc) is 3.20. The maximum Gasteiger partial charge on any atom is 0.364 e. The summed E-state index contributed by atoms with van der Waals surface area (Å²) in [5.41, 5.74) is 5.79. The Hall–Kier alpha value is -3.57. The van der Waals surface area contributed by atoms with Crippen LogP contribution >= 0.6 is 11.8 Å². The molecule has 5 N–H and O–H groups in total. The van der Waals surface area contributed by atoms with Crippen molar-refractivity contribution in [3.05, 3.63) is 40.3 Å². The third-order valence-electron chi connectivity index (χ3n) is 5.48. The molecule has 2 amide bonds. The maximum absolute atomic E-state index is 13.1. The first-order valence-corrected chi connectivity index (χ1v) is 14.4. The van der Waals surface area contributed by atoms with E-state index in [-0.39, 0.29) is 29.3 Å². The van der Waals surface area contributed by atoms with Crippen molar-refractivity contribution in [2.24, 2.45) is 12.8 Å². The van der Waals surface area contributed by atoms with Crippen LogP contribution in [-0.4, -0.2) is 87.0 Å². The van der Waals surface area contributed by atoms with Gasteiger partial charge in [0.1, 0.15) is 23.7 Å². The predicted octanol–water partition coefficient (Wildman–Crippen LogP) is -1.63. The molecule has 0 aliphatic heterocycles. The van der Waals surface area contributed by atoms with Crippen molar-refractivity contribution in [3.8, 4) is 0 Å². The zero-order valence-electron chi connectivity index (χ0n) is 21.6. The van der Waals surface area contributed by atoms with Gasteiger partial charge in [-0.25, -0.2) is 13.2 Å². The number of thioether (sulfide) groups is 1. The van der Waals surface area contributed by atoms with E-state index in [1.807, 2.05) is 0 Å². The normalized spacial score (nSPS) is 13.7. The second-order valence-corrected chi connectivity index (χ2v) is 11.9. The zero-order valence-corrected chi connectivity index (χ0v) is 23.2. The predicted molar refractivity (Wildman–Crippen MR) is 140 cm³/mol. The molecule has 0 spiro atoms. The van der Waals surface area contributed by atoms with Crippen LogP contribution in [0.5, 0.6) is 0 Å². The van der Waals surface area contributed by atoms with Gasteiger partial charge in [0.2, 0.25) is 11.8 Å². The summed E-state index contributed by atoms with van der Waals surface area (Å²) in [5.74, 6) is -3.97. The molecule has 2 rings (SSSR count). The van der Waals surface area contributed by atoms with Crippen molar-refractivity contribution in [2.75, 3.05) is 18.1 Å².